The minimum atomic E-state index is -0.792. The van der Waals surface area contributed by atoms with Crippen LogP contribution in [0.3, 0.4) is 0 Å². The van der Waals surface area contributed by atoms with Gasteiger partial charge in [0.15, 0.2) is 0 Å². The Bertz CT molecular complexity index is 245. The van der Waals surface area contributed by atoms with E-state index in [2.05, 4.69) is 48.5 Å². The predicted molar refractivity (Wildman–Crippen MR) is 118 cm³/mol. The van der Waals surface area contributed by atoms with Crippen LogP contribution in [0.5, 0.6) is 0 Å². The summed E-state index contributed by atoms with van der Waals surface area (Å²) in [6.45, 7) is 17.3. The molecule has 0 heterocycles. The lowest BCUT2D eigenvalue weighted by atomic mass is 10.1. The molecule has 0 fully saturated rings. The Morgan fingerprint density at radius 2 is 0.750 bits per heavy atom. The molecule has 0 aromatic heterocycles. The third-order valence-electron chi connectivity index (χ3n) is 6.28. The number of unbranched alkanes of at least 4 members (excludes halogenated alkanes) is 11. The predicted octanol–water partition coefficient (Wildman–Crippen LogP) is 8.93. The van der Waals surface area contributed by atoms with Crippen molar-refractivity contribution in [3.8, 4) is 0 Å². The van der Waals surface area contributed by atoms with E-state index in [9.17, 15) is 0 Å². The van der Waals surface area contributed by atoms with Crippen molar-refractivity contribution >= 4 is 7.26 Å². The van der Waals surface area contributed by atoms with Gasteiger partial charge in [0.05, 0.1) is 23.1 Å². The van der Waals surface area contributed by atoms with Gasteiger partial charge in [0.25, 0.3) is 0 Å². The molecule has 0 N–H and O–H groups in total. The van der Waals surface area contributed by atoms with Crippen molar-refractivity contribution in [3.05, 3.63) is 0 Å². The molecule has 0 atom stereocenters. The van der Waals surface area contributed by atoms with E-state index in [0.717, 1.165) is 17.0 Å². The number of hydrogen-bond acceptors (Lipinski definition) is 0. The van der Waals surface area contributed by atoms with Crippen LogP contribution in [0.15, 0.2) is 0 Å². The minimum Gasteiger partial charge on any atom is -0.0654 e. The van der Waals surface area contributed by atoms with Gasteiger partial charge in [0, 0.05) is 7.26 Å². The maximum absolute atomic E-state index is 2.49. The molecule has 0 unspecified atom stereocenters. The van der Waals surface area contributed by atoms with Crippen LogP contribution >= 0.6 is 7.26 Å². The van der Waals surface area contributed by atoms with E-state index in [4.69, 9.17) is 0 Å². The summed E-state index contributed by atoms with van der Waals surface area (Å²) >= 11 is 0. The third-order valence-corrected chi connectivity index (χ3v) is 13.1. The Morgan fingerprint density at radius 3 is 1.04 bits per heavy atom. The summed E-state index contributed by atoms with van der Waals surface area (Å²) in [4.78, 5) is 0. The van der Waals surface area contributed by atoms with Gasteiger partial charge < -0.3 is 0 Å². The topological polar surface area (TPSA) is 0 Å². The molecule has 146 valence electrons. The molecular weight excluding hydrogens is 307 g/mol. The van der Waals surface area contributed by atoms with Crippen LogP contribution in [0.2, 0.25) is 0 Å². The van der Waals surface area contributed by atoms with Crippen LogP contribution in [0.1, 0.15) is 126 Å². The summed E-state index contributed by atoms with van der Waals surface area (Å²) in [5, 5.41) is 0. The lowest BCUT2D eigenvalue weighted by Crippen LogP contribution is -2.26. The molecule has 0 nitrogen and oxygen atoms in total. The third kappa shape index (κ3) is 9.22. The van der Waals surface area contributed by atoms with E-state index in [0.29, 0.717) is 0 Å². The summed E-state index contributed by atoms with van der Waals surface area (Å²) in [6, 6.07) is 0. The molecule has 0 aromatic carbocycles. The van der Waals surface area contributed by atoms with Crippen LogP contribution in [-0.2, 0) is 0 Å². The molecule has 1 heteroatoms. The van der Waals surface area contributed by atoms with Crippen molar-refractivity contribution in [2.24, 2.45) is 0 Å². The van der Waals surface area contributed by atoms with Crippen LogP contribution < -0.4 is 0 Å². The van der Waals surface area contributed by atoms with Gasteiger partial charge in [-0.25, -0.2) is 0 Å². The van der Waals surface area contributed by atoms with Gasteiger partial charge in [-0.2, -0.15) is 0 Å². The van der Waals surface area contributed by atoms with Gasteiger partial charge in [-0.1, -0.05) is 71.1 Å². The molecule has 24 heavy (non-hydrogen) atoms. The molecule has 0 aromatic rings. The van der Waals surface area contributed by atoms with Crippen molar-refractivity contribution in [2.75, 3.05) is 6.16 Å². The SMILES string of the molecule is CCCCCCCCCCCCCC[P+](C(C)C)(C(C)C)C(C)C. The summed E-state index contributed by atoms with van der Waals surface area (Å²) in [5.41, 5.74) is 2.72. The van der Waals surface area contributed by atoms with E-state index in [1.165, 1.54) is 83.2 Å². The van der Waals surface area contributed by atoms with Gasteiger partial charge in [0.2, 0.25) is 0 Å². The second-order valence-electron chi connectivity index (χ2n) is 8.89. The summed E-state index contributed by atoms with van der Waals surface area (Å²) in [5.74, 6) is 0. The second-order valence-corrected chi connectivity index (χ2v) is 14.4. The highest BCUT2D eigenvalue weighted by Crippen LogP contribution is 2.70. The summed E-state index contributed by atoms with van der Waals surface area (Å²) in [6.07, 6.45) is 19.1. The van der Waals surface area contributed by atoms with Crippen molar-refractivity contribution in [3.63, 3.8) is 0 Å². The maximum Gasteiger partial charge on any atom is 0.0646 e. The Kier molecular flexibility index (Phi) is 14.8. The molecule has 0 amide bonds. The van der Waals surface area contributed by atoms with Gasteiger partial charge in [-0.3, -0.25) is 0 Å². The fourth-order valence-electron chi connectivity index (χ4n) is 4.79. The van der Waals surface area contributed by atoms with E-state index >= 15 is 0 Å². The fraction of sp³-hybridized carbons (Fsp3) is 1.00. The first-order valence-corrected chi connectivity index (χ1v) is 13.4. The molecule has 0 rings (SSSR count). The van der Waals surface area contributed by atoms with E-state index in [1.807, 2.05) is 0 Å². The van der Waals surface area contributed by atoms with E-state index in [1.54, 1.807) is 0 Å². The number of hydrogen-bond donors (Lipinski definition) is 0. The average Bonchev–Trinajstić information content (AvgIpc) is 2.51. The standard InChI is InChI=1S/C23H50P/c1-8-9-10-11-12-13-14-15-16-17-18-19-20-24(21(2)3,22(4)5)23(6)7/h21-23H,8-20H2,1-7H3/q+1. The lowest BCUT2D eigenvalue weighted by molar-refractivity contribution is 0.548. The first-order valence-electron chi connectivity index (χ1n) is 11.3. The molecule has 0 radical (unpaired) electrons. The lowest BCUT2D eigenvalue weighted by Gasteiger charge is -2.38. The normalized spacial score (nSPS) is 12.8. The Morgan fingerprint density at radius 1 is 0.458 bits per heavy atom. The largest absolute Gasteiger partial charge is 0.0654 e. The molecule has 0 aliphatic heterocycles. The van der Waals surface area contributed by atoms with Gasteiger partial charge in [-0.05, 0) is 54.4 Å². The van der Waals surface area contributed by atoms with Crippen LogP contribution in [-0.4, -0.2) is 23.1 Å². The van der Waals surface area contributed by atoms with Crippen LogP contribution in [0, 0.1) is 0 Å². The molecule has 0 saturated heterocycles. The van der Waals surface area contributed by atoms with Crippen LogP contribution in [0.25, 0.3) is 0 Å². The Balaban J connectivity index is 3.73. The fourth-order valence-corrected chi connectivity index (χ4v) is 10.7. The van der Waals surface area contributed by atoms with Crippen molar-refractivity contribution in [2.45, 2.75) is 142 Å². The van der Waals surface area contributed by atoms with Crippen molar-refractivity contribution < 1.29 is 0 Å². The monoisotopic (exact) mass is 357 g/mol. The zero-order chi connectivity index (χ0) is 18.4. The molecule has 0 saturated carbocycles. The molecule has 0 aliphatic rings. The summed E-state index contributed by atoms with van der Waals surface area (Å²) < 4.78 is 0. The Labute approximate surface area is 156 Å². The molecule has 0 bridgehead atoms. The zero-order valence-corrected chi connectivity index (χ0v) is 19.3. The van der Waals surface area contributed by atoms with Crippen molar-refractivity contribution in [1.29, 1.82) is 0 Å². The maximum atomic E-state index is 2.49. The quantitative estimate of drug-likeness (QED) is 0.191. The van der Waals surface area contributed by atoms with Crippen LogP contribution in [0.4, 0.5) is 0 Å². The van der Waals surface area contributed by atoms with E-state index in [-0.39, 0.29) is 0 Å². The highest BCUT2D eigenvalue weighted by molar-refractivity contribution is 7.77. The van der Waals surface area contributed by atoms with Gasteiger partial charge in [0.1, 0.15) is 0 Å². The average molecular weight is 358 g/mol. The second kappa shape index (κ2) is 14.6. The molecule has 0 spiro atoms. The molecule has 0 aliphatic carbocycles. The number of rotatable bonds is 16. The minimum absolute atomic E-state index is 0.792. The van der Waals surface area contributed by atoms with Gasteiger partial charge in [-0.15, -0.1) is 0 Å². The summed E-state index contributed by atoms with van der Waals surface area (Å²) in [7, 11) is -0.792. The Hall–Kier alpha value is 0.430. The first kappa shape index (κ1) is 24.4. The highest BCUT2D eigenvalue weighted by Gasteiger charge is 2.46. The van der Waals surface area contributed by atoms with E-state index < -0.39 is 7.26 Å². The zero-order valence-electron chi connectivity index (χ0n) is 18.4. The first-order chi connectivity index (χ1) is 11.4. The van der Waals surface area contributed by atoms with Crippen molar-refractivity contribution in [1.82, 2.24) is 0 Å². The highest BCUT2D eigenvalue weighted by atomic mass is 31.2. The van der Waals surface area contributed by atoms with Gasteiger partial charge >= 0.3 is 0 Å². The smallest absolute Gasteiger partial charge is 0.0646 e. The molecular formula is C23H50P+.